The van der Waals surface area contributed by atoms with E-state index in [1.807, 2.05) is 0 Å². The number of amides is 1. The first kappa shape index (κ1) is 12.8. The SMILES string of the molecule is CCC(C(=O)O)N(C(=O)C(F)(F)F)C1CC1. The maximum Gasteiger partial charge on any atom is 0.471 e. The van der Waals surface area contributed by atoms with Crippen LogP contribution < -0.4 is 0 Å². The summed E-state index contributed by atoms with van der Waals surface area (Å²) in [5.74, 6) is -3.45. The number of alkyl halides is 3. The average Bonchev–Trinajstić information content (AvgIpc) is 2.93. The molecule has 1 unspecified atom stereocenters. The van der Waals surface area contributed by atoms with Gasteiger partial charge in [-0.3, -0.25) is 4.79 Å². The number of aliphatic carboxylic acids is 1. The molecule has 1 saturated carbocycles. The highest BCUT2D eigenvalue weighted by atomic mass is 19.4. The van der Waals surface area contributed by atoms with Crippen molar-refractivity contribution in [2.75, 3.05) is 0 Å². The molecule has 0 heterocycles. The van der Waals surface area contributed by atoms with Crippen molar-refractivity contribution in [1.82, 2.24) is 4.90 Å². The molecule has 0 saturated heterocycles. The van der Waals surface area contributed by atoms with Gasteiger partial charge in [0.05, 0.1) is 0 Å². The van der Waals surface area contributed by atoms with E-state index in [4.69, 9.17) is 5.11 Å². The Morgan fingerprint density at radius 1 is 1.44 bits per heavy atom. The molecule has 0 aliphatic heterocycles. The summed E-state index contributed by atoms with van der Waals surface area (Å²) in [6.07, 6.45) is -4.17. The first-order chi connectivity index (χ1) is 7.29. The second-order valence-electron chi connectivity index (χ2n) is 3.70. The van der Waals surface area contributed by atoms with Crippen LogP contribution in [0, 0.1) is 0 Å². The number of nitrogens with zero attached hydrogens (tertiary/aromatic N) is 1. The molecule has 1 fully saturated rings. The van der Waals surface area contributed by atoms with Gasteiger partial charge >= 0.3 is 18.1 Å². The van der Waals surface area contributed by atoms with Crippen molar-refractivity contribution < 1.29 is 27.9 Å². The summed E-state index contributed by atoms with van der Waals surface area (Å²) < 4.78 is 36.8. The van der Waals surface area contributed by atoms with E-state index in [2.05, 4.69) is 0 Å². The van der Waals surface area contributed by atoms with Crippen molar-refractivity contribution in [2.45, 2.75) is 44.4 Å². The summed E-state index contributed by atoms with van der Waals surface area (Å²) in [5.41, 5.74) is 0. The molecule has 4 nitrogen and oxygen atoms in total. The van der Waals surface area contributed by atoms with Crippen LogP contribution in [-0.4, -0.2) is 40.1 Å². The van der Waals surface area contributed by atoms with E-state index in [9.17, 15) is 22.8 Å². The number of rotatable bonds is 4. The molecule has 7 heteroatoms. The summed E-state index contributed by atoms with van der Waals surface area (Å²) in [6, 6.07) is -1.96. The number of hydrogen-bond acceptors (Lipinski definition) is 2. The Kier molecular flexibility index (Phi) is 3.44. The van der Waals surface area contributed by atoms with Crippen LogP contribution in [0.5, 0.6) is 0 Å². The first-order valence-corrected chi connectivity index (χ1v) is 4.91. The fourth-order valence-electron chi connectivity index (χ4n) is 1.55. The molecule has 0 aromatic heterocycles. The van der Waals surface area contributed by atoms with Crippen LogP contribution in [0.2, 0.25) is 0 Å². The second-order valence-corrected chi connectivity index (χ2v) is 3.70. The third-order valence-electron chi connectivity index (χ3n) is 2.42. The van der Waals surface area contributed by atoms with E-state index in [0.717, 1.165) is 0 Å². The number of carboxylic acids is 1. The Hall–Kier alpha value is -1.27. The Morgan fingerprint density at radius 3 is 2.19 bits per heavy atom. The number of carbonyl (C=O) groups excluding carboxylic acids is 1. The zero-order chi connectivity index (χ0) is 12.5. The number of carbonyl (C=O) groups is 2. The molecule has 0 bridgehead atoms. The predicted molar refractivity (Wildman–Crippen MR) is 47.6 cm³/mol. The van der Waals surface area contributed by atoms with E-state index in [0.29, 0.717) is 17.7 Å². The van der Waals surface area contributed by atoms with Gasteiger partial charge in [-0.1, -0.05) is 6.92 Å². The van der Waals surface area contributed by atoms with Crippen LogP contribution in [0.25, 0.3) is 0 Å². The molecule has 0 aromatic rings. The summed E-state index contributed by atoms with van der Waals surface area (Å²) in [7, 11) is 0. The molecule has 0 radical (unpaired) electrons. The minimum atomic E-state index is -5.01. The van der Waals surface area contributed by atoms with Gasteiger partial charge < -0.3 is 10.0 Å². The van der Waals surface area contributed by atoms with Crippen LogP contribution in [0.4, 0.5) is 13.2 Å². The van der Waals surface area contributed by atoms with Gasteiger partial charge in [-0.15, -0.1) is 0 Å². The summed E-state index contributed by atoms with van der Waals surface area (Å²) in [6.45, 7) is 1.44. The molecule has 1 rings (SSSR count). The first-order valence-electron chi connectivity index (χ1n) is 4.91. The monoisotopic (exact) mass is 239 g/mol. The molecule has 1 atom stereocenters. The molecule has 92 valence electrons. The van der Waals surface area contributed by atoms with E-state index in [-0.39, 0.29) is 6.42 Å². The Balaban J connectivity index is 2.90. The van der Waals surface area contributed by atoms with Crippen LogP contribution in [0.1, 0.15) is 26.2 Å². The zero-order valence-electron chi connectivity index (χ0n) is 8.62. The molecule has 1 N–H and O–H groups in total. The topological polar surface area (TPSA) is 57.6 Å². The van der Waals surface area contributed by atoms with Gasteiger partial charge in [0.15, 0.2) is 0 Å². The van der Waals surface area contributed by atoms with E-state index in [1.54, 1.807) is 0 Å². The van der Waals surface area contributed by atoms with E-state index in [1.165, 1.54) is 6.92 Å². The van der Waals surface area contributed by atoms with Crippen molar-refractivity contribution >= 4 is 11.9 Å². The lowest BCUT2D eigenvalue weighted by Gasteiger charge is -2.28. The zero-order valence-corrected chi connectivity index (χ0v) is 8.62. The average molecular weight is 239 g/mol. The van der Waals surface area contributed by atoms with Crippen LogP contribution >= 0.6 is 0 Å². The molecule has 16 heavy (non-hydrogen) atoms. The molecule has 0 aromatic carbocycles. The fourth-order valence-corrected chi connectivity index (χ4v) is 1.55. The molecule has 1 amide bonds. The smallest absolute Gasteiger partial charge is 0.471 e. The van der Waals surface area contributed by atoms with Crippen LogP contribution in [-0.2, 0) is 9.59 Å². The summed E-state index contributed by atoms with van der Waals surface area (Å²) in [5, 5.41) is 8.77. The maximum absolute atomic E-state index is 12.3. The van der Waals surface area contributed by atoms with Crippen molar-refractivity contribution in [3.63, 3.8) is 0 Å². The maximum atomic E-state index is 12.3. The van der Waals surface area contributed by atoms with Gasteiger partial charge in [-0.25, -0.2) is 4.79 Å². The second kappa shape index (κ2) is 4.31. The van der Waals surface area contributed by atoms with Crippen molar-refractivity contribution in [3.8, 4) is 0 Å². The highest BCUT2D eigenvalue weighted by molar-refractivity contribution is 5.87. The normalized spacial score (nSPS) is 18.0. The van der Waals surface area contributed by atoms with Gasteiger partial charge in [0, 0.05) is 6.04 Å². The molecule has 1 aliphatic rings. The number of carboxylic acid groups (broad SMARTS) is 1. The molecular formula is C9H12F3NO3. The van der Waals surface area contributed by atoms with Crippen LogP contribution in [0.3, 0.4) is 0 Å². The van der Waals surface area contributed by atoms with Crippen LogP contribution in [0.15, 0.2) is 0 Å². The minimum Gasteiger partial charge on any atom is -0.480 e. The van der Waals surface area contributed by atoms with E-state index < -0.39 is 30.1 Å². The highest BCUT2D eigenvalue weighted by Gasteiger charge is 2.50. The third-order valence-corrected chi connectivity index (χ3v) is 2.42. The number of hydrogen-bond donors (Lipinski definition) is 1. The van der Waals surface area contributed by atoms with Gasteiger partial charge in [-0.2, -0.15) is 13.2 Å². The highest BCUT2D eigenvalue weighted by Crippen LogP contribution is 2.33. The largest absolute Gasteiger partial charge is 0.480 e. The van der Waals surface area contributed by atoms with Gasteiger partial charge in [0.2, 0.25) is 0 Å². The quantitative estimate of drug-likeness (QED) is 0.806. The summed E-state index contributed by atoms with van der Waals surface area (Å²) >= 11 is 0. The van der Waals surface area contributed by atoms with Gasteiger partial charge in [0.1, 0.15) is 6.04 Å². The third kappa shape index (κ3) is 2.65. The lowest BCUT2D eigenvalue weighted by atomic mass is 10.2. The Bertz CT molecular complexity index is 299. The molecular weight excluding hydrogens is 227 g/mol. The molecule has 0 spiro atoms. The fraction of sp³-hybridized carbons (Fsp3) is 0.778. The lowest BCUT2D eigenvalue weighted by molar-refractivity contribution is -0.190. The Morgan fingerprint density at radius 2 is 1.94 bits per heavy atom. The molecule has 1 aliphatic carbocycles. The van der Waals surface area contributed by atoms with Crippen molar-refractivity contribution in [2.24, 2.45) is 0 Å². The predicted octanol–water partition coefficient (Wildman–Crippen LogP) is 1.40. The standard InChI is InChI=1S/C9H12F3NO3/c1-2-6(7(14)15)13(5-3-4-5)8(16)9(10,11)12/h5-6H,2-4H2,1H3,(H,14,15). The minimum absolute atomic E-state index is 0.0341. The number of halogens is 3. The lowest BCUT2D eigenvalue weighted by Crippen LogP contribution is -2.51. The van der Waals surface area contributed by atoms with Gasteiger partial charge in [0.25, 0.3) is 0 Å². The van der Waals surface area contributed by atoms with Crippen molar-refractivity contribution in [1.29, 1.82) is 0 Å². The van der Waals surface area contributed by atoms with E-state index >= 15 is 0 Å². The Labute approximate surface area is 90.0 Å². The van der Waals surface area contributed by atoms with Crippen molar-refractivity contribution in [3.05, 3.63) is 0 Å². The van der Waals surface area contributed by atoms with Gasteiger partial charge in [-0.05, 0) is 19.3 Å². The summed E-state index contributed by atoms with van der Waals surface area (Å²) in [4.78, 5) is 22.3.